The zero-order valence-electron chi connectivity index (χ0n) is 9.18. The van der Waals surface area contributed by atoms with Crippen LogP contribution in [0.2, 0.25) is 0 Å². The molecule has 0 heterocycles. The van der Waals surface area contributed by atoms with Crippen LogP contribution >= 0.6 is 0 Å². The summed E-state index contributed by atoms with van der Waals surface area (Å²) in [5.41, 5.74) is -2.17. The molecule has 0 aliphatic carbocycles. The van der Waals surface area contributed by atoms with E-state index in [2.05, 4.69) is 0 Å². The number of benzene rings is 2. The van der Waals surface area contributed by atoms with Gasteiger partial charge in [-0.3, -0.25) is 30.3 Å². The highest BCUT2D eigenvalue weighted by atomic mass is 16.6. The Morgan fingerprint density at radius 1 is 0.737 bits per heavy atom. The molecule has 0 saturated heterocycles. The maximum Gasteiger partial charge on any atom is 0.354 e. The molecule has 0 spiro atoms. The van der Waals surface area contributed by atoms with Gasteiger partial charge in [0.05, 0.1) is 25.5 Å². The SMILES string of the molecule is O=[N+]([O-])c1cc([N+](=O)[O-])c2ccccc2c1[N+](=O)[O-]. The maximum atomic E-state index is 11.0. The monoisotopic (exact) mass is 263 g/mol. The first-order valence-corrected chi connectivity index (χ1v) is 4.92. The van der Waals surface area contributed by atoms with Gasteiger partial charge in [0, 0.05) is 0 Å². The van der Waals surface area contributed by atoms with Crippen molar-refractivity contribution in [3.05, 3.63) is 60.7 Å². The van der Waals surface area contributed by atoms with Crippen LogP contribution in [0, 0.1) is 30.3 Å². The molecule has 2 aromatic rings. The zero-order valence-corrected chi connectivity index (χ0v) is 9.18. The molecule has 0 fully saturated rings. The van der Waals surface area contributed by atoms with E-state index in [0.717, 1.165) is 0 Å². The van der Waals surface area contributed by atoms with Gasteiger partial charge in [0.2, 0.25) is 0 Å². The van der Waals surface area contributed by atoms with Crippen molar-refractivity contribution < 1.29 is 14.8 Å². The molecule has 0 amide bonds. The van der Waals surface area contributed by atoms with Gasteiger partial charge in [0.1, 0.15) is 6.07 Å². The van der Waals surface area contributed by atoms with E-state index in [9.17, 15) is 30.3 Å². The van der Waals surface area contributed by atoms with E-state index in [1.807, 2.05) is 0 Å². The molecule has 0 aliphatic rings. The minimum absolute atomic E-state index is 0.00944. The topological polar surface area (TPSA) is 129 Å². The second kappa shape index (κ2) is 4.29. The quantitative estimate of drug-likeness (QED) is 0.617. The predicted octanol–water partition coefficient (Wildman–Crippen LogP) is 2.56. The molecule has 0 aliphatic heterocycles. The summed E-state index contributed by atoms with van der Waals surface area (Å²) in [4.78, 5) is 29.9. The van der Waals surface area contributed by atoms with Gasteiger partial charge in [-0.2, -0.15) is 0 Å². The van der Waals surface area contributed by atoms with Crippen molar-refractivity contribution in [1.82, 2.24) is 0 Å². The number of non-ortho nitro benzene ring substituents is 1. The van der Waals surface area contributed by atoms with E-state index >= 15 is 0 Å². The third-order valence-electron chi connectivity index (χ3n) is 2.55. The van der Waals surface area contributed by atoms with Crippen molar-refractivity contribution in [1.29, 1.82) is 0 Å². The summed E-state index contributed by atoms with van der Waals surface area (Å²) in [6.07, 6.45) is 0. The molecule has 96 valence electrons. The Bertz CT molecular complexity index is 727. The average molecular weight is 263 g/mol. The van der Waals surface area contributed by atoms with Crippen LogP contribution < -0.4 is 0 Å². The minimum Gasteiger partial charge on any atom is -0.258 e. The normalized spacial score (nSPS) is 10.3. The lowest BCUT2D eigenvalue weighted by Crippen LogP contribution is -2.00. The Morgan fingerprint density at radius 2 is 1.26 bits per heavy atom. The minimum atomic E-state index is -1.00. The third-order valence-corrected chi connectivity index (χ3v) is 2.55. The highest BCUT2D eigenvalue weighted by molar-refractivity contribution is 6.00. The number of hydrogen-bond acceptors (Lipinski definition) is 6. The van der Waals surface area contributed by atoms with Crippen molar-refractivity contribution in [2.75, 3.05) is 0 Å². The van der Waals surface area contributed by atoms with Crippen molar-refractivity contribution >= 4 is 27.8 Å². The van der Waals surface area contributed by atoms with Crippen LogP contribution in [0.3, 0.4) is 0 Å². The highest BCUT2D eigenvalue weighted by Gasteiger charge is 2.32. The standard InChI is InChI=1S/C10H5N3O6/c14-11(15)8-5-9(12(16)17)10(13(18)19)7-4-2-1-3-6(7)8/h1-5H. The van der Waals surface area contributed by atoms with Crippen molar-refractivity contribution in [3.8, 4) is 0 Å². The van der Waals surface area contributed by atoms with Crippen LogP contribution in [0.4, 0.5) is 17.1 Å². The van der Waals surface area contributed by atoms with Crippen molar-refractivity contribution in [3.63, 3.8) is 0 Å². The predicted molar refractivity (Wildman–Crippen MR) is 63.9 cm³/mol. The van der Waals surface area contributed by atoms with Gasteiger partial charge in [-0.1, -0.05) is 12.1 Å². The molecule has 0 unspecified atom stereocenters. The van der Waals surface area contributed by atoms with Crippen LogP contribution in [0.1, 0.15) is 0 Å². The van der Waals surface area contributed by atoms with Gasteiger partial charge < -0.3 is 0 Å². The average Bonchev–Trinajstić information content (AvgIpc) is 2.35. The number of fused-ring (bicyclic) bond motifs is 1. The molecule has 9 heteroatoms. The Hall–Kier alpha value is -3.10. The first kappa shape index (κ1) is 12.4. The molecular formula is C10H5N3O6. The van der Waals surface area contributed by atoms with Crippen molar-refractivity contribution in [2.45, 2.75) is 0 Å². The van der Waals surface area contributed by atoms with Gasteiger partial charge in [0.25, 0.3) is 5.69 Å². The van der Waals surface area contributed by atoms with E-state index in [0.29, 0.717) is 6.07 Å². The number of nitrogens with zero attached hydrogens (tertiary/aromatic N) is 3. The van der Waals surface area contributed by atoms with E-state index in [1.165, 1.54) is 24.3 Å². The Labute approximate surface area is 104 Å². The molecule has 2 rings (SSSR count). The zero-order chi connectivity index (χ0) is 14.2. The summed E-state index contributed by atoms with van der Waals surface area (Å²) < 4.78 is 0. The Kier molecular flexibility index (Phi) is 2.79. The fourth-order valence-electron chi connectivity index (χ4n) is 1.81. The van der Waals surface area contributed by atoms with Crippen LogP contribution in [0.5, 0.6) is 0 Å². The summed E-state index contributed by atoms with van der Waals surface area (Å²) in [6.45, 7) is 0. The van der Waals surface area contributed by atoms with Crippen molar-refractivity contribution in [2.24, 2.45) is 0 Å². The second-order valence-electron chi connectivity index (χ2n) is 3.58. The molecule has 0 saturated carbocycles. The fraction of sp³-hybridized carbons (Fsp3) is 0. The third kappa shape index (κ3) is 1.92. The molecule has 0 N–H and O–H groups in total. The summed E-state index contributed by atoms with van der Waals surface area (Å²) in [6, 6.07) is 6.05. The Balaban J connectivity index is 3.03. The lowest BCUT2D eigenvalue weighted by molar-refractivity contribution is -0.422. The van der Waals surface area contributed by atoms with Crippen LogP contribution in [-0.4, -0.2) is 14.8 Å². The van der Waals surface area contributed by atoms with E-state index < -0.39 is 31.8 Å². The summed E-state index contributed by atoms with van der Waals surface area (Å²) in [5.74, 6) is 0. The smallest absolute Gasteiger partial charge is 0.258 e. The number of nitro groups is 3. The largest absolute Gasteiger partial charge is 0.354 e. The summed E-state index contributed by atoms with van der Waals surface area (Å²) in [7, 11) is 0. The van der Waals surface area contributed by atoms with Crippen LogP contribution in [-0.2, 0) is 0 Å². The van der Waals surface area contributed by atoms with Crippen LogP contribution in [0.15, 0.2) is 30.3 Å². The van der Waals surface area contributed by atoms with Crippen LogP contribution in [0.25, 0.3) is 10.8 Å². The molecule has 0 aromatic heterocycles. The number of rotatable bonds is 3. The van der Waals surface area contributed by atoms with Gasteiger partial charge in [-0.05, 0) is 12.1 Å². The van der Waals surface area contributed by atoms with Gasteiger partial charge in [-0.25, -0.2) is 0 Å². The molecule has 0 atom stereocenters. The highest BCUT2D eigenvalue weighted by Crippen LogP contribution is 2.40. The molecule has 0 bridgehead atoms. The summed E-state index contributed by atoms with van der Waals surface area (Å²) >= 11 is 0. The molecular weight excluding hydrogens is 258 g/mol. The van der Waals surface area contributed by atoms with E-state index in [4.69, 9.17) is 0 Å². The molecule has 19 heavy (non-hydrogen) atoms. The van der Waals surface area contributed by atoms with E-state index in [-0.39, 0.29) is 10.8 Å². The fourth-order valence-corrected chi connectivity index (χ4v) is 1.81. The first-order chi connectivity index (χ1) is 8.93. The van der Waals surface area contributed by atoms with E-state index in [1.54, 1.807) is 0 Å². The second-order valence-corrected chi connectivity index (χ2v) is 3.58. The number of hydrogen-bond donors (Lipinski definition) is 0. The van der Waals surface area contributed by atoms with Gasteiger partial charge >= 0.3 is 11.4 Å². The lowest BCUT2D eigenvalue weighted by Gasteiger charge is -2.01. The lowest BCUT2D eigenvalue weighted by atomic mass is 10.1. The molecule has 9 nitrogen and oxygen atoms in total. The molecule has 2 aromatic carbocycles. The van der Waals surface area contributed by atoms with Gasteiger partial charge in [0.15, 0.2) is 0 Å². The Morgan fingerprint density at radius 3 is 1.74 bits per heavy atom. The maximum absolute atomic E-state index is 11.0. The number of nitro benzene ring substituents is 3. The summed E-state index contributed by atoms with van der Waals surface area (Å²) in [5, 5.41) is 32.5. The van der Waals surface area contributed by atoms with Gasteiger partial charge in [-0.15, -0.1) is 0 Å². The molecule has 0 radical (unpaired) electrons. The first-order valence-electron chi connectivity index (χ1n) is 4.92.